The van der Waals surface area contributed by atoms with Gasteiger partial charge in [0.05, 0.1) is 17.1 Å². The van der Waals surface area contributed by atoms with Crippen molar-refractivity contribution in [3.05, 3.63) is 53.1 Å². The lowest BCUT2D eigenvalue weighted by atomic mass is 9.90. The third-order valence-corrected chi connectivity index (χ3v) is 7.05. The van der Waals surface area contributed by atoms with Crippen molar-refractivity contribution < 1.29 is 13.6 Å². The van der Waals surface area contributed by atoms with Gasteiger partial charge in [-0.1, -0.05) is 53.0 Å². The Morgan fingerprint density at radius 2 is 1.63 bits per heavy atom. The third-order valence-electron chi connectivity index (χ3n) is 7.05. The first kappa shape index (κ1) is 27.0. The van der Waals surface area contributed by atoms with Crippen LogP contribution < -0.4 is 15.5 Å². The summed E-state index contributed by atoms with van der Waals surface area (Å²) in [6, 6.07) is 7.86. The van der Waals surface area contributed by atoms with Crippen molar-refractivity contribution >= 4 is 23.1 Å². The lowest BCUT2D eigenvalue weighted by Crippen LogP contribution is -2.40. The Balaban J connectivity index is 2.01. The van der Waals surface area contributed by atoms with Crippen LogP contribution in [0.2, 0.25) is 0 Å². The van der Waals surface area contributed by atoms with Crippen molar-refractivity contribution in [3.63, 3.8) is 0 Å². The summed E-state index contributed by atoms with van der Waals surface area (Å²) in [4.78, 5) is 15.3. The lowest BCUT2D eigenvalue weighted by molar-refractivity contribution is 0.262. The number of hydrogen-bond acceptors (Lipinski definition) is 2. The SMILES string of the molecule is CCC(CC)c1cc(NC(=O)Nc2ccc(C)cc2F)c(N(CC(C)C)C2CCCCC2)cc1F. The van der Waals surface area contributed by atoms with Crippen molar-refractivity contribution in [2.75, 3.05) is 22.1 Å². The van der Waals surface area contributed by atoms with Crippen molar-refractivity contribution in [3.8, 4) is 0 Å². The van der Waals surface area contributed by atoms with E-state index in [9.17, 15) is 9.18 Å². The van der Waals surface area contributed by atoms with Crippen LogP contribution in [0.1, 0.15) is 89.7 Å². The highest BCUT2D eigenvalue weighted by Crippen LogP contribution is 2.38. The molecule has 0 unspecified atom stereocenters. The van der Waals surface area contributed by atoms with Gasteiger partial charge in [0.1, 0.15) is 11.6 Å². The van der Waals surface area contributed by atoms with Crippen molar-refractivity contribution in [2.45, 2.75) is 91.5 Å². The topological polar surface area (TPSA) is 44.4 Å². The molecule has 4 nitrogen and oxygen atoms in total. The van der Waals surface area contributed by atoms with Crippen LogP contribution in [0.15, 0.2) is 30.3 Å². The van der Waals surface area contributed by atoms with Crippen LogP contribution in [0.4, 0.5) is 30.6 Å². The monoisotopic (exact) mass is 485 g/mol. The fourth-order valence-corrected chi connectivity index (χ4v) is 5.19. The van der Waals surface area contributed by atoms with E-state index in [0.29, 0.717) is 28.9 Å². The summed E-state index contributed by atoms with van der Waals surface area (Å²) in [5, 5.41) is 5.57. The van der Waals surface area contributed by atoms with Crippen molar-refractivity contribution in [1.29, 1.82) is 0 Å². The zero-order chi connectivity index (χ0) is 25.5. The van der Waals surface area contributed by atoms with Gasteiger partial charge in [0, 0.05) is 12.6 Å². The maximum absolute atomic E-state index is 15.5. The van der Waals surface area contributed by atoms with E-state index in [4.69, 9.17) is 0 Å². The van der Waals surface area contributed by atoms with E-state index in [1.165, 1.54) is 12.5 Å². The Hall–Kier alpha value is -2.63. The number of halogens is 2. The van der Waals surface area contributed by atoms with Crippen LogP contribution in [-0.2, 0) is 0 Å². The van der Waals surface area contributed by atoms with Crippen LogP contribution in [-0.4, -0.2) is 18.6 Å². The van der Waals surface area contributed by atoms with Crippen LogP contribution >= 0.6 is 0 Å². The highest BCUT2D eigenvalue weighted by Gasteiger charge is 2.27. The quantitative estimate of drug-likeness (QED) is 0.373. The molecule has 0 bridgehead atoms. The average molecular weight is 486 g/mol. The molecule has 3 rings (SSSR count). The first-order chi connectivity index (χ1) is 16.7. The van der Waals surface area contributed by atoms with E-state index >= 15 is 4.39 Å². The predicted molar refractivity (Wildman–Crippen MR) is 143 cm³/mol. The molecule has 0 saturated heterocycles. The fraction of sp³-hybridized carbons (Fsp3) is 0.552. The minimum absolute atomic E-state index is 0.0652. The number of rotatable bonds is 9. The summed E-state index contributed by atoms with van der Waals surface area (Å²) in [6.07, 6.45) is 7.28. The van der Waals surface area contributed by atoms with Gasteiger partial charge in [0.25, 0.3) is 0 Å². The van der Waals surface area contributed by atoms with Crippen LogP contribution in [0.5, 0.6) is 0 Å². The molecular formula is C29H41F2N3O. The highest BCUT2D eigenvalue weighted by atomic mass is 19.1. The molecule has 192 valence electrons. The van der Waals surface area contributed by atoms with Crippen LogP contribution in [0.25, 0.3) is 0 Å². The van der Waals surface area contributed by atoms with Crippen LogP contribution in [0.3, 0.4) is 0 Å². The summed E-state index contributed by atoms with van der Waals surface area (Å²) in [5.41, 5.74) is 2.79. The molecule has 2 amide bonds. The predicted octanol–water partition coefficient (Wildman–Crippen LogP) is 8.62. The van der Waals surface area contributed by atoms with Gasteiger partial charge in [-0.25, -0.2) is 13.6 Å². The zero-order valence-corrected chi connectivity index (χ0v) is 21.9. The van der Waals surface area contributed by atoms with Gasteiger partial charge in [-0.3, -0.25) is 0 Å². The standard InChI is InChI=1S/C29H41F2N3O/c1-6-21(7-2)23-16-27(33-29(35)32-26-14-13-20(5)15-25(26)31)28(17-24(23)30)34(18-19(3)4)22-11-9-8-10-12-22/h13-17,19,21-22H,6-12,18H2,1-5H3,(H2,32,33,35). The molecule has 2 N–H and O–H groups in total. The summed E-state index contributed by atoms with van der Waals surface area (Å²) in [5.74, 6) is -0.271. The molecular weight excluding hydrogens is 444 g/mol. The number of anilines is 3. The van der Waals surface area contributed by atoms with Crippen molar-refractivity contribution in [1.82, 2.24) is 0 Å². The molecule has 2 aromatic carbocycles. The molecule has 0 spiro atoms. The van der Waals surface area contributed by atoms with E-state index in [-0.39, 0.29) is 17.4 Å². The second-order valence-corrected chi connectivity index (χ2v) is 10.3. The number of nitrogens with zero attached hydrogens (tertiary/aromatic N) is 1. The molecule has 1 saturated carbocycles. The maximum Gasteiger partial charge on any atom is 0.323 e. The van der Waals surface area contributed by atoms with E-state index in [0.717, 1.165) is 50.6 Å². The lowest BCUT2D eigenvalue weighted by Gasteiger charge is -2.38. The zero-order valence-electron chi connectivity index (χ0n) is 21.9. The smallest absolute Gasteiger partial charge is 0.323 e. The average Bonchev–Trinajstić information content (AvgIpc) is 2.82. The Kier molecular flexibility index (Phi) is 9.53. The number of aryl methyl sites for hydroxylation is 1. The second kappa shape index (κ2) is 12.4. The third kappa shape index (κ3) is 6.96. The maximum atomic E-state index is 15.5. The highest BCUT2D eigenvalue weighted by molar-refractivity contribution is 6.02. The van der Waals surface area contributed by atoms with Gasteiger partial charge in [0.2, 0.25) is 0 Å². The molecule has 1 aliphatic rings. The van der Waals surface area contributed by atoms with Gasteiger partial charge >= 0.3 is 6.03 Å². The van der Waals surface area contributed by atoms with Crippen LogP contribution in [0, 0.1) is 24.5 Å². The first-order valence-corrected chi connectivity index (χ1v) is 13.2. The fourth-order valence-electron chi connectivity index (χ4n) is 5.19. The molecule has 2 aromatic rings. The Bertz CT molecular complexity index is 998. The molecule has 1 fully saturated rings. The molecule has 0 aromatic heterocycles. The van der Waals surface area contributed by atoms with Gasteiger partial charge in [-0.05, 0) is 79.8 Å². The Labute approximate surface area is 209 Å². The molecule has 35 heavy (non-hydrogen) atoms. The normalized spacial score (nSPS) is 14.4. The Morgan fingerprint density at radius 1 is 0.971 bits per heavy atom. The van der Waals surface area contributed by atoms with E-state index in [2.05, 4.69) is 43.2 Å². The number of carbonyl (C=O) groups is 1. The summed E-state index contributed by atoms with van der Waals surface area (Å²) < 4.78 is 29.8. The largest absolute Gasteiger partial charge is 0.367 e. The minimum atomic E-state index is -0.538. The summed E-state index contributed by atoms with van der Waals surface area (Å²) >= 11 is 0. The molecule has 0 radical (unpaired) electrons. The molecule has 0 heterocycles. The van der Waals surface area contributed by atoms with E-state index in [1.807, 2.05) is 0 Å². The number of nitrogens with one attached hydrogen (secondary N) is 2. The number of benzene rings is 2. The molecule has 1 aliphatic carbocycles. The second-order valence-electron chi connectivity index (χ2n) is 10.3. The van der Waals surface area contributed by atoms with Gasteiger partial charge < -0.3 is 15.5 Å². The van der Waals surface area contributed by atoms with E-state index < -0.39 is 11.8 Å². The number of hydrogen-bond donors (Lipinski definition) is 2. The van der Waals surface area contributed by atoms with Gasteiger partial charge in [-0.15, -0.1) is 0 Å². The van der Waals surface area contributed by atoms with Crippen molar-refractivity contribution in [2.24, 2.45) is 5.92 Å². The summed E-state index contributed by atoms with van der Waals surface area (Å²) in [7, 11) is 0. The first-order valence-electron chi connectivity index (χ1n) is 13.2. The van der Waals surface area contributed by atoms with Gasteiger partial charge in [0.15, 0.2) is 0 Å². The molecule has 6 heteroatoms. The number of amides is 2. The number of urea groups is 1. The molecule has 0 aliphatic heterocycles. The Morgan fingerprint density at radius 3 is 2.23 bits per heavy atom. The van der Waals surface area contributed by atoms with E-state index in [1.54, 1.807) is 31.2 Å². The molecule has 0 atom stereocenters. The minimum Gasteiger partial charge on any atom is -0.367 e. The number of carbonyl (C=O) groups excluding carboxylic acids is 1. The van der Waals surface area contributed by atoms with Gasteiger partial charge in [-0.2, -0.15) is 0 Å². The summed E-state index contributed by atoms with van der Waals surface area (Å²) in [6.45, 7) is 11.0.